The van der Waals surface area contributed by atoms with Gasteiger partial charge in [-0.1, -0.05) is 19.9 Å². The Labute approximate surface area is 208 Å². The number of carbonyl (C=O) groups is 3. The van der Waals surface area contributed by atoms with Crippen LogP contribution in [0.25, 0.3) is 17.0 Å². The van der Waals surface area contributed by atoms with Gasteiger partial charge in [-0.25, -0.2) is 14.4 Å². The second-order valence-corrected chi connectivity index (χ2v) is 8.17. The first-order valence-corrected chi connectivity index (χ1v) is 11.6. The van der Waals surface area contributed by atoms with Crippen LogP contribution in [0, 0.1) is 0 Å². The van der Waals surface area contributed by atoms with Crippen LogP contribution in [0.3, 0.4) is 0 Å². The lowest BCUT2D eigenvalue weighted by molar-refractivity contribution is -0.145. The smallest absolute Gasteiger partial charge is 0.351 e. The Kier molecular flexibility index (Phi) is 8.78. The zero-order valence-corrected chi connectivity index (χ0v) is 20.7. The zero-order chi connectivity index (χ0) is 26.2. The van der Waals surface area contributed by atoms with Crippen LogP contribution in [0.1, 0.15) is 65.5 Å². The van der Waals surface area contributed by atoms with Crippen molar-refractivity contribution < 1.29 is 33.0 Å². The summed E-state index contributed by atoms with van der Waals surface area (Å²) in [5, 5.41) is 0.555. The third-order valence-corrected chi connectivity index (χ3v) is 5.23. The summed E-state index contributed by atoms with van der Waals surface area (Å²) in [6, 6.07) is 11.5. The van der Waals surface area contributed by atoms with Crippen molar-refractivity contribution in [2.24, 2.45) is 0 Å². The molecule has 1 heterocycles. The van der Waals surface area contributed by atoms with Gasteiger partial charge in [-0.3, -0.25) is 4.79 Å². The Morgan fingerprint density at radius 1 is 0.972 bits per heavy atom. The summed E-state index contributed by atoms with van der Waals surface area (Å²) in [4.78, 5) is 48.6. The molecule has 3 aromatic rings. The Hall–Kier alpha value is -4.20. The highest BCUT2D eigenvalue weighted by atomic mass is 16.6. The molecule has 3 rings (SSSR count). The number of benzene rings is 2. The quantitative estimate of drug-likeness (QED) is 0.170. The Bertz CT molecular complexity index is 1350. The van der Waals surface area contributed by atoms with Gasteiger partial charge < -0.3 is 18.6 Å². The second-order valence-electron chi connectivity index (χ2n) is 8.17. The Morgan fingerprint density at radius 2 is 1.67 bits per heavy atom. The van der Waals surface area contributed by atoms with Crippen molar-refractivity contribution in [2.45, 2.75) is 33.6 Å². The van der Waals surface area contributed by atoms with E-state index in [1.807, 2.05) is 19.9 Å². The highest BCUT2D eigenvalue weighted by Gasteiger charge is 2.18. The van der Waals surface area contributed by atoms with Crippen LogP contribution in [-0.2, 0) is 14.3 Å². The maximum atomic E-state index is 12.7. The first kappa shape index (κ1) is 26.4. The van der Waals surface area contributed by atoms with Crippen molar-refractivity contribution in [3.05, 3.63) is 81.2 Å². The molecule has 8 nitrogen and oxygen atoms in total. The molecular formula is C28H28O8. The Balaban J connectivity index is 1.84. The first-order chi connectivity index (χ1) is 17.2. The van der Waals surface area contributed by atoms with Crippen molar-refractivity contribution in [2.75, 3.05) is 19.8 Å². The molecule has 2 aromatic carbocycles. The van der Waals surface area contributed by atoms with Gasteiger partial charge in [0, 0.05) is 10.9 Å². The van der Waals surface area contributed by atoms with E-state index in [9.17, 15) is 19.2 Å². The number of allylic oxidation sites excluding steroid dienone is 1. The van der Waals surface area contributed by atoms with Crippen LogP contribution in [-0.4, -0.2) is 37.5 Å². The zero-order valence-electron chi connectivity index (χ0n) is 20.7. The predicted molar refractivity (Wildman–Crippen MR) is 134 cm³/mol. The van der Waals surface area contributed by atoms with Gasteiger partial charge in [-0.15, -0.1) is 0 Å². The number of esters is 2. The van der Waals surface area contributed by atoms with E-state index in [2.05, 4.69) is 0 Å². The topological polar surface area (TPSA) is 109 Å². The van der Waals surface area contributed by atoms with Crippen LogP contribution in [0.15, 0.2) is 57.8 Å². The van der Waals surface area contributed by atoms with Crippen molar-refractivity contribution in [1.82, 2.24) is 0 Å². The van der Waals surface area contributed by atoms with E-state index in [1.165, 1.54) is 12.1 Å². The number of ether oxygens (including phenoxy) is 3. The number of fused-ring (bicyclic) bond motifs is 1. The van der Waals surface area contributed by atoms with Gasteiger partial charge in [0.15, 0.2) is 12.4 Å². The highest BCUT2D eigenvalue weighted by molar-refractivity contribution is 6.07. The third-order valence-electron chi connectivity index (χ3n) is 5.23. The van der Waals surface area contributed by atoms with Crippen LogP contribution in [0.4, 0.5) is 0 Å². The van der Waals surface area contributed by atoms with Crippen molar-refractivity contribution in [3.8, 4) is 5.75 Å². The molecule has 1 aromatic heterocycles. The molecule has 0 N–H and O–H groups in total. The molecule has 0 fully saturated rings. The van der Waals surface area contributed by atoms with Gasteiger partial charge in [0.1, 0.15) is 16.9 Å². The molecule has 188 valence electrons. The van der Waals surface area contributed by atoms with Crippen molar-refractivity contribution in [1.29, 1.82) is 0 Å². The standard InChI is InChI=1S/C28H28O8/c1-5-33-25(30)16-35-21-10-8-19(9-11-21)24(29)12-7-18-13-20-15-23(27(31)34-6-2)28(32)36-26(20)22(14-18)17(3)4/h7-15,17H,5-6,16H2,1-4H3/b12-7+. The minimum Gasteiger partial charge on any atom is -0.482 e. The molecule has 0 amide bonds. The van der Waals surface area contributed by atoms with E-state index < -0.39 is 17.6 Å². The molecule has 8 heteroatoms. The van der Waals surface area contributed by atoms with E-state index in [-0.39, 0.29) is 37.1 Å². The monoisotopic (exact) mass is 492 g/mol. The molecule has 0 radical (unpaired) electrons. The molecule has 0 aliphatic heterocycles. The second kappa shape index (κ2) is 12.0. The summed E-state index contributed by atoms with van der Waals surface area (Å²) in [6.45, 7) is 7.48. The number of rotatable bonds is 10. The average Bonchev–Trinajstić information content (AvgIpc) is 2.85. The lowest BCUT2D eigenvalue weighted by Gasteiger charge is -2.11. The van der Waals surface area contributed by atoms with Crippen LogP contribution in [0.5, 0.6) is 5.75 Å². The largest absolute Gasteiger partial charge is 0.482 e. The fourth-order valence-corrected chi connectivity index (χ4v) is 3.49. The number of carbonyl (C=O) groups excluding carboxylic acids is 3. The summed E-state index contributed by atoms with van der Waals surface area (Å²) >= 11 is 0. The van der Waals surface area contributed by atoms with Crippen LogP contribution >= 0.6 is 0 Å². The van der Waals surface area contributed by atoms with Gasteiger partial charge >= 0.3 is 17.6 Å². The fraction of sp³-hybridized carbons (Fsp3) is 0.286. The molecule has 0 unspecified atom stereocenters. The maximum absolute atomic E-state index is 12.7. The van der Waals surface area contributed by atoms with Gasteiger partial charge in [0.25, 0.3) is 0 Å². The number of hydrogen-bond acceptors (Lipinski definition) is 8. The van der Waals surface area contributed by atoms with Crippen molar-refractivity contribution in [3.63, 3.8) is 0 Å². The molecule has 0 aliphatic carbocycles. The average molecular weight is 493 g/mol. The van der Waals surface area contributed by atoms with Crippen LogP contribution in [0.2, 0.25) is 0 Å². The van der Waals surface area contributed by atoms with Gasteiger partial charge in [0.2, 0.25) is 0 Å². The molecule has 0 spiro atoms. The molecule has 0 bridgehead atoms. The minimum atomic E-state index is -0.754. The minimum absolute atomic E-state index is 0.0234. The predicted octanol–water partition coefficient (Wildman–Crippen LogP) is 4.93. The summed E-state index contributed by atoms with van der Waals surface area (Å²) in [7, 11) is 0. The maximum Gasteiger partial charge on any atom is 0.351 e. The SMILES string of the molecule is CCOC(=O)COc1ccc(C(=O)/C=C/c2cc(C(C)C)c3oc(=O)c(C(=O)OCC)cc3c2)cc1. The van der Waals surface area contributed by atoms with E-state index in [4.69, 9.17) is 18.6 Å². The third kappa shape index (κ3) is 6.47. The van der Waals surface area contributed by atoms with Gasteiger partial charge in [-0.2, -0.15) is 0 Å². The highest BCUT2D eigenvalue weighted by Crippen LogP contribution is 2.28. The number of hydrogen-bond donors (Lipinski definition) is 0. The first-order valence-electron chi connectivity index (χ1n) is 11.6. The molecule has 0 atom stereocenters. The molecule has 36 heavy (non-hydrogen) atoms. The van der Waals surface area contributed by atoms with Gasteiger partial charge in [0.05, 0.1) is 13.2 Å². The number of ketones is 1. The van der Waals surface area contributed by atoms with Gasteiger partial charge in [-0.05, 0) is 79.4 Å². The summed E-state index contributed by atoms with van der Waals surface area (Å²) in [6.07, 6.45) is 3.10. The summed E-state index contributed by atoms with van der Waals surface area (Å²) in [5.41, 5.74) is 1.38. The van der Waals surface area contributed by atoms with E-state index in [1.54, 1.807) is 50.3 Å². The molecule has 0 saturated carbocycles. The lowest BCUT2D eigenvalue weighted by atomic mass is 9.96. The lowest BCUT2D eigenvalue weighted by Crippen LogP contribution is -2.16. The normalized spacial score (nSPS) is 11.1. The summed E-state index contributed by atoms with van der Waals surface area (Å²) < 4.78 is 20.6. The van der Waals surface area contributed by atoms with E-state index >= 15 is 0 Å². The molecular weight excluding hydrogens is 464 g/mol. The molecule has 0 saturated heterocycles. The van der Waals surface area contributed by atoms with E-state index in [0.29, 0.717) is 27.8 Å². The van der Waals surface area contributed by atoms with Crippen LogP contribution < -0.4 is 10.4 Å². The summed E-state index contributed by atoms with van der Waals surface area (Å²) in [5.74, 6) is -0.978. The molecule has 0 aliphatic rings. The Morgan fingerprint density at radius 3 is 2.31 bits per heavy atom. The fourth-order valence-electron chi connectivity index (χ4n) is 3.49. The van der Waals surface area contributed by atoms with Crippen molar-refractivity contribution >= 4 is 34.8 Å². The van der Waals surface area contributed by atoms with E-state index in [0.717, 1.165) is 5.56 Å².